The molecule has 2 aromatic rings. The van der Waals surface area contributed by atoms with Crippen LogP contribution < -0.4 is 5.32 Å². The Kier molecular flexibility index (Phi) is 5.30. The first-order valence-corrected chi connectivity index (χ1v) is 8.10. The van der Waals surface area contributed by atoms with Gasteiger partial charge in [0.25, 0.3) is 0 Å². The van der Waals surface area contributed by atoms with E-state index in [9.17, 15) is 15.0 Å². The Morgan fingerprint density at radius 3 is 2.17 bits per heavy atom. The van der Waals surface area contributed by atoms with E-state index in [1.54, 1.807) is 12.1 Å². The van der Waals surface area contributed by atoms with Gasteiger partial charge in [0.2, 0.25) is 5.91 Å². The van der Waals surface area contributed by atoms with E-state index in [4.69, 9.17) is 0 Å². The van der Waals surface area contributed by atoms with Crippen molar-refractivity contribution in [2.45, 2.75) is 46.6 Å². The molecule has 2 rings (SSSR count). The van der Waals surface area contributed by atoms with E-state index in [1.165, 1.54) is 6.92 Å². The van der Waals surface area contributed by atoms with Crippen molar-refractivity contribution in [3.63, 3.8) is 0 Å². The number of nitrogens with one attached hydrogen (secondary N) is 1. The van der Waals surface area contributed by atoms with Crippen LogP contribution in [0.3, 0.4) is 0 Å². The lowest BCUT2D eigenvalue weighted by molar-refractivity contribution is -0.114. The highest BCUT2D eigenvalue weighted by molar-refractivity contribution is 5.89. The predicted molar refractivity (Wildman–Crippen MR) is 96.5 cm³/mol. The summed E-state index contributed by atoms with van der Waals surface area (Å²) in [7, 11) is 0. The molecule has 1 atom stereocenters. The number of aryl methyl sites for hydroxylation is 2. The number of aliphatic hydroxyl groups excluding tert-OH is 1. The zero-order valence-electron chi connectivity index (χ0n) is 14.8. The van der Waals surface area contributed by atoms with Gasteiger partial charge >= 0.3 is 0 Å². The summed E-state index contributed by atoms with van der Waals surface area (Å²) >= 11 is 0. The van der Waals surface area contributed by atoms with Crippen molar-refractivity contribution in [1.29, 1.82) is 0 Å². The summed E-state index contributed by atoms with van der Waals surface area (Å²) in [5.41, 5.74) is 4.93. The second kappa shape index (κ2) is 7.05. The van der Waals surface area contributed by atoms with Crippen molar-refractivity contribution in [2.24, 2.45) is 0 Å². The topological polar surface area (TPSA) is 69.6 Å². The number of amides is 1. The zero-order chi connectivity index (χ0) is 18.0. The summed E-state index contributed by atoms with van der Waals surface area (Å²) in [5.74, 6) is 0.291. The number of rotatable bonds is 4. The minimum Gasteiger partial charge on any atom is -0.508 e. The molecule has 2 aromatic carbocycles. The summed E-state index contributed by atoms with van der Waals surface area (Å²) in [6.07, 6.45) is -0.783. The van der Waals surface area contributed by atoms with Gasteiger partial charge in [0.15, 0.2) is 0 Å². The van der Waals surface area contributed by atoms with E-state index in [-0.39, 0.29) is 17.6 Å². The highest BCUT2D eigenvalue weighted by Gasteiger charge is 2.18. The minimum atomic E-state index is -0.783. The molecule has 0 bridgehead atoms. The molecule has 0 aliphatic heterocycles. The highest BCUT2D eigenvalue weighted by atomic mass is 16.3. The molecular weight excluding hydrogens is 302 g/mol. The number of phenols is 1. The van der Waals surface area contributed by atoms with Gasteiger partial charge in [-0.05, 0) is 71.8 Å². The van der Waals surface area contributed by atoms with Gasteiger partial charge in [-0.1, -0.05) is 19.9 Å². The van der Waals surface area contributed by atoms with Crippen molar-refractivity contribution in [2.75, 3.05) is 5.32 Å². The van der Waals surface area contributed by atoms with Crippen molar-refractivity contribution in [3.05, 3.63) is 58.1 Å². The molecule has 0 aliphatic carbocycles. The van der Waals surface area contributed by atoms with Gasteiger partial charge in [-0.15, -0.1) is 0 Å². The normalized spacial score (nSPS) is 12.3. The number of aliphatic hydroxyl groups is 1. The Bertz CT molecular complexity index is 742. The number of anilines is 1. The van der Waals surface area contributed by atoms with E-state index >= 15 is 0 Å². The fraction of sp³-hybridized carbons (Fsp3) is 0.350. The molecule has 128 valence electrons. The standard InChI is InChI=1S/C20H25NO3/c1-11(2)17-10-15(6-7-18(17)23)20(24)19-12(3)8-16(9-13(19)4)21-14(5)22/h6-11,20,23-24H,1-5H3,(H,21,22). The number of aromatic hydroxyl groups is 1. The summed E-state index contributed by atoms with van der Waals surface area (Å²) in [5, 5.41) is 23.6. The molecule has 0 aliphatic rings. The Balaban J connectivity index is 2.45. The quantitative estimate of drug-likeness (QED) is 0.789. The molecule has 24 heavy (non-hydrogen) atoms. The monoisotopic (exact) mass is 327 g/mol. The summed E-state index contributed by atoms with van der Waals surface area (Å²) < 4.78 is 0. The van der Waals surface area contributed by atoms with Crippen LogP contribution in [0.5, 0.6) is 5.75 Å². The predicted octanol–water partition coefficient (Wildman–Crippen LogP) is 4.17. The number of hydrogen-bond acceptors (Lipinski definition) is 3. The third-order valence-corrected chi connectivity index (χ3v) is 4.18. The van der Waals surface area contributed by atoms with Crippen LogP contribution in [0.4, 0.5) is 5.69 Å². The molecule has 3 N–H and O–H groups in total. The Morgan fingerprint density at radius 2 is 1.67 bits per heavy atom. The van der Waals surface area contributed by atoms with Gasteiger partial charge in [-0.2, -0.15) is 0 Å². The first kappa shape index (κ1) is 18.0. The van der Waals surface area contributed by atoms with Gasteiger partial charge in [0.1, 0.15) is 11.9 Å². The second-order valence-corrected chi connectivity index (χ2v) is 6.58. The third kappa shape index (κ3) is 3.77. The van der Waals surface area contributed by atoms with E-state index in [0.717, 1.165) is 33.5 Å². The third-order valence-electron chi connectivity index (χ3n) is 4.18. The zero-order valence-corrected chi connectivity index (χ0v) is 14.8. The van der Waals surface area contributed by atoms with Crippen LogP contribution >= 0.6 is 0 Å². The molecule has 4 nitrogen and oxygen atoms in total. The maximum atomic E-state index is 11.2. The Hall–Kier alpha value is -2.33. The average Bonchev–Trinajstić information content (AvgIpc) is 2.45. The average molecular weight is 327 g/mol. The molecule has 0 aromatic heterocycles. The summed E-state index contributed by atoms with van der Waals surface area (Å²) in [6.45, 7) is 9.31. The summed E-state index contributed by atoms with van der Waals surface area (Å²) in [6, 6.07) is 8.94. The number of hydrogen-bond donors (Lipinski definition) is 3. The fourth-order valence-corrected chi connectivity index (χ4v) is 3.05. The molecular formula is C20H25NO3. The molecule has 1 unspecified atom stereocenters. The lowest BCUT2D eigenvalue weighted by Gasteiger charge is -2.20. The Morgan fingerprint density at radius 1 is 1.08 bits per heavy atom. The SMILES string of the molecule is CC(=O)Nc1cc(C)c(C(O)c2ccc(O)c(C(C)C)c2)c(C)c1. The van der Waals surface area contributed by atoms with Gasteiger partial charge in [-0.25, -0.2) is 0 Å². The van der Waals surface area contributed by atoms with Crippen molar-refractivity contribution in [1.82, 2.24) is 0 Å². The molecule has 1 amide bonds. The van der Waals surface area contributed by atoms with Gasteiger partial charge in [0.05, 0.1) is 0 Å². The number of carbonyl (C=O) groups is 1. The van der Waals surface area contributed by atoms with Gasteiger partial charge in [-0.3, -0.25) is 4.79 Å². The van der Waals surface area contributed by atoms with Crippen LogP contribution in [0.15, 0.2) is 30.3 Å². The maximum absolute atomic E-state index is 11.2. The van der Waals surface area contributed by atoms with Crippen molar-refractivity contribution in [3.8, 4) is 5.75 Å². The molecule has 0 spiro atoms. The lowest BCUT2D eigenvalue weighted by Crippen LogP contribution is -2.09. The van der Waals surface area contributed by atoms with E-state index < -0.39 is 6.10 Å². The van der Waals surface area contributed by atoms with E-state index in [0.29, 0.717) is 0 Å². The van der Waals surface area contributed by atoms with Gasteiger partial charge < -0.3 is 15.5 Å². The molecule has 0 radical (unpaired) electrons. The molecule has 0 saturated carbocycles. The molecule has 0 heterocycles. The first-order valence-electron chi connectivity index (χ1n) is 8.10. The van der Waals surface area contributed by atoms with Crippen LogP contribution in [-0.4, -0.2) is 16.1 Å². The highest BCUT2D eigenvalue weighted by Crippen LogP contribution is 2.34. The Labute approximate surface area is 143 Å². The van der Waals surface area contributed by atoms with Crippen LogP contribution in [0.2, 0.25) is 0 Å². The second-order valence-electron chi connectivity index (χ2n) is 6.58. The van der Waals surface area contributed by atoms with Crippen LogP contribution in [-0.2, 0) is 4.79 Å². The van der Waals surface area contributed by atoms with Crippen LogP contribution in [0.1, 0.15) is 60.6 Å². The number of benzene rings is 2. The first-order chi connectivity index (χ1) is 11.2. The maximum Gasteiger partial charge on any atom is 0.221 e. The molecule has 4 heteroatoms. The number of carbonyl (C=O) groups excluding carboxylic acids is 1. The molecule has 0 saturated heterocycles. The summed E-state index contributed by atoms with van der Waals surface area (Å²) in [4.78, 5) is 11.2. The van der Waals surface area contributed by atoms with Gasteiger partial charge in [0, 0.05) is 12.6 Å². The van der Waals surface area contributed by atoms with E-state index in [2.05, 4.69) is 5.32 Å². The van der Waals surface area contributed by atoms with Crippen molar-refractivity contribution >= 4 is 11.6 Å². The lowest BCUT2D eigenvalue weighted by atomic mass is 9.90. The fourth-order valence-electron chi connectivity index (χ4n) is 3.05. The largest absolute Gasteiger partial charge is 0.508 e. The van der Waals surface area contributed by atoms with Crippen molar-refractivity contribution < 1.29 is 15.0 Å². The smallest absolute Gasteiger partial charge is 0.221 e. The molecule has 0 fully saturated rings. The van der Waals surface area contributed by atoms with Crippen LogP contribution in [0.25, 0.3) is 0 Å². The minimum absolute atomic E-state index is 0.123. The van der Waals surface area contributed by atoms with E-state index in [1.807, 2.05) is 45.9 Å². The van der Waals surface area contributed by atoms with Crippen LogP contribution in [0, 0.1) is 13.8 Å². The number of phenolic OH excluding ortho intramolecular Hbond substituents is 1.